The fourth-order valence-corrected chi connectivity index (χ4v) is 4.19. The van der Waals surface area contributed by atoms with E-state index in [2.05, 4.69) is 4.72 Å². The third-order valence-corrected chi connectivity index (χ3v) is 6.27. The zero-order valence-corrected chi connectivity index (χ0v) is 15.5. The van der Waals surface area contributed by atoms with Gasteiger partial charge in [0.15, 0.2) is 5.78 Å². The van der Waals surface area contributed by atoms with Gasteiger partial charge >= 0.3 is 0 Å². The molecule has 0 aromatic heterocycles. The number of benzene rings is 2. The molecule has 3 rings (SSSR count). The van der Waals surface area contributed by atoms with Crippen molar-refractivity contribution in [3.05, 3.63) is 59.2 Å². The summed E-state index contributed by atoms with van der Waals surface area (Å²) in [6.07, 6.45) is 0.353. The Morgan fingerprint density at radius 2 is 2.00 bits per heavy atom. The van der Waals surface area contributed by atoms with Gasteiger partial charge in [0, 0.05) is 6.61 Å². The highest BCUT2D eigenvalue weighted by molar-refractivity contribution is 7.90. The number of sulfonamides is 1. The Labute approximate surface area is 156 Å². The summed E-state index contributed by atoms with van der Waals surface area (Å²) in [5.74, 6) is -1.87. The van der Waals surface area contributed by atoms with Crippen molar-refractivity contribution >= 4 is 15.8 Å². The molecule has 27 heavy (non-hydrogen) atoms. The summed E-state index contributed by atoms with van der Waals surface area (Å²) in [4.78, 5) is 12.5. The second-order valence-electron chi connectivity index (χ2n) is 6.44. The smallest absolute Gasteiger partial charge is 0.217 e. The number of ether oxygens (including phenoxy) is 1. The van der Waals surface area contributed by atoms with E-state index in [0.717, 1.165) is 0 Å². The fourth-order valence-electron chi connectivity index (χ4n) is 2.94. The maximum Gasteiger partial charge on any atom is 0.217 e. The fraction of sp³-hybridized carbons (Fsp3) is 0.316. The second-order valence-corrected chi connectivity index (χ2v) is 8.49. The zero-order chi connectivity index (χ0) is 19.6. The van der Waals surface area contributed by atoms with Crippen molar-refractivity contribution in [3.63, 3.8) is 0 Å². The van der Waals surface area contributed by atoms with Gasteiger partial charge in [-0.05, 0) is 54.3 Å². The van der Waals surface area contributed by atoms with E-state index in [1.54, 1.807) is 6.07 Å². The number of carbonyl (C=O) groups is 1. The molecule has 2 aromatic rings. The summed E-state index contributed by atoms with van der Waals surface area (Å²) in [6, 6.07) is 8.56. The number of halogens is 2. The van der Waals surface area contributed by atoms with Crippen LogP contribution in [-0.2, 0) is 14.8 Å². The molecule has 1 aliphatic heterocycles. The second kappa shape index (κ2) is 7.84. The average molecular weight is 395 g/mol. The van der Waals surface area contributed by atoms with Crippen LogP contribution in [0.15, 0.2) is 36.4 Å². The first-order valence-corrected chi connectivity index (χ1v) is 9.98. The minimum Gasteiger partial charge on any atom is -0.380 e. The Morgan fingerprint density at radius 1 is 1.22 bits per heavy atom. The molecule has 0 saturated carbocycles. The molecule has 0 spiro atoms. The Hall–Kier alpha value is -2.16. The molecule has 0 radical (unpaired) electrons. The van der Waals surface area contributed by atoms with Gasteiger partial charge in [0.05, 0.1) is 18.7 Å². The SMILES string of the molecule is Cc1cc(-c2cccc(F)c2)cc(C(=O)CNS(=O)(=O)C2CCOC2)c1F. The van der Waals surface area contributed by atoms with Crippen LogP contribution in [0.4, 0.5) is 8.78 Å². The molecule has 1 unspecified atom stereocenters. The van der Waals surface area contributed by atoms with Crippen LogP contribution in [0.3, 0.4) is 0 Å². The Morgan fingerprint density at radius 3 is 2.67 bits per heavy atom. The molecule has 8 heteroatoms. The minimum atomic E-state index is -3.72. The van der Waals surface area contributed by atoms with Crippen LogP contribution in [0.25, 0.3) is 11.1 Å². The largest absolute Gasteiger partial charge is 0.380 e. The van der Waals surface area contributed by atoms with Crippen LogP contribution in [0.5, 0.6) is 0 Å². The highest BCUT2D eigenvalue weighted by Crippen LogP contribution is 2.26. The first-order valence-electron chi connectivity index (χ1n) is 8.43. The summed E-state index contributed by atoms with van der Waals surface area (Å²) in [5.41, 5.74) is 0.950. The molecule has 0 aliphatic carbocycles. The molecule has 2 aromatic carbocycles. The number of ketones is 1. The number of carbonyl (C=O) groups excluding carboxylic acids is 1. The van der Waals surface area contributed by atoms with Gasteiger partial charge in [-0.3, -0.25) is 4.79 Å². The van der Waals surface area contributed by atoms with Crippen molar-refractivity contribution in [1.29, 1.82) is 0 Å². The number of rotatable bonds is 6. The molecule has 1 fully saturated rings. The quantitative estimate of drug-likeness (QED) is 0.764. The van der Waals surface area contributed by atoms with Gasteiger partial charge in [0.2, 0.25) is 10.0 Å². The normalized spacial score (nSPS) is 17.2. The third-order valence-electron chi connectivity index (χ3n) is 4.47. The topological polar surface area (TPSA) is 72.5 Å². The van der Waals surface area contributed by atoms with E-state index in [4.69, 9.17) is 4.74 Å². The van der Waals surface area contributed by atoms with E-state index in [0.29, 0.717) is 24.2 Å². The highest BCUT2D eigenvalue weighted by atomic mass is 32.2. The molecule has 144 valence electrons. The number of hydrogen-bond donors (Lipinski definition) is 1. The van der Waals surface area contributed by atoms with Crippen LogP contribution >= 0.6 is 0 Å². The van der Waals surface area contributed by atoms with Crippen molar-refractivity contribution in [1.82, 2.24) is 4.72 Å². The number of aryl methyl sites for hydroxylation is 1. The van der Waals surface area contributed by atoms with E-state index < -0.39 is 39.2 Å². The van der Waals surface area contributed by atoms with Gasteiger partial charge in [-0.25, -0.2) is 21.9 Å². The summed E-state index contributed by atoms with van der Waals surface area (Å²) >= 11 is 0. The molecule has 1 atom stereocenters. The predicted octanol–water partition coefficient (Wildman–Crippen LogP) is 2.83. The lowest BCUT2D eigenvalue weighted by Crippen LogP contribution is -2.37. The first-order chi connectivity index (χ1) is 12.8. The van der Waals surface area contributed by atoms with Crippen molar-refractivity contribution in [3.8, 4) is 11.1 Å². The molecular weight excluding hydrogens is 376 g/mol. The molecule has 1 N–H and O–H groups in total. The summed E-state index contributed by atoms with van der Waals surface area (Å²) < 4.78 is 59.5. The van der Waals surface area contributed by atoms with Gasteiger partial charge in [0.25, 0.3) is 0 Å². The van der Waals surface area contributed by atoms with Gasteiger partial charge in [-0.2, -0.15) is 0 Å². The van der Waals surface area contributed by atoms with Gasteiger partial charge < -0.3 is 4.74 Å². The summed E-state index contributed by atoms with van der Waals surface area (Å²) in [6.45, 7) is 1.37. The van der Waals surface area contributed by atoms with Crippen molar-refractivity contribution < 1.29 is 26.7 Å². The minimum absolute atomic E-state index is 0.0754. The highest BCUT2D eigenvalue weighted by Gasteiger charge is 2.30. The summed E-state index contributed by atoms with van der Waals surface area (Å²) in [5, 5.41) is -0.712. The number of Topliss-reactive ketones (excluding diaryl/α,β-unsaturated/α-hetero) is 1. The maximum atomic E-state index is 14.5. The maximum absolute atomic E-state index is 14.5. The Balaban J connectivity index is 1.84. The van der Waals surface area contributed by atoms with Crippen molar-refractivity contribution in [2.75, 3.05) is 19.8 Å². The summed E-state index contributed by atoms with van der Waals surface area (Å²) in [7, 11) is -3.72. The van der Waals surface area contributed by atoms with Gasteiger partial charge in [0.1, 0.15) is 16.9 Å². The van der Waals surface area contributed by atoms with Gasteiger partial charge in [-0.15, -0.1) is 0 Å². The standard InChI is InChI=1S/C19H19F2NO4S/c1-12-7-14(13-3-2-4-15(20)8-13)9-17(19(12)21)18(23)10-22-27(24,25)16-5-6-26-11-16/h2-4,7-9,16,22H,5-6,10-11H2,1H3. The zero-order valence-electron chi connectivity index (χ0n) is 14.7. The van der Waals surface area contributed by atoms with Crippen LogP contribution < -0.4 is 4.72 Å². The third kappa shape index (κ3) is 4.40. The van der Waals surface area contributed by atoms with Crippen LogP contribution in [0.1, 0.15) is 22.3 Å². The van der Waals surface area contributed by atoms with E-state index in [1.807, 2.05) is 0 Å². The monoisotopic (exact) mass is 395 g/mol. The lowest BCUT2D eigenvalue weighted by Gasteiger charge is -2.12. The van der Waals surface area contributed by atoms with Gasteiger partial charge in [-0.1, -0.05) is 12.1 Å². The lowest BCUT2D eigenvalue weighted by molar-refractivity contribution is 0.0993. The van der Waals surface area contributed by atoms with Crippen LogP contribution in [0.2, 0.25) is 0 Å². The Bertz CT molecular complexity index is 970. The average Bonchev–Trinajstić information content (AvgIpc) is 3.17. The van der Waals surface area contributed by atoms with Crippen LogP contribution in [0, 0.1) is 18.6 Å². The van der Waals surface area contributed by atoms with E-state index in [9.17, 15) is 22.0 Å². The molecule has 1 heterocycles. The number of hydrogen-bond acceptors (Lipinski definition) is 4. The van der Waals surface area contributed by atoms with Crippen LogP contribution in [-0.4, -0.2) is 39.2 Å². The first kappa shape index (κ1) is 19.6. The predicted molar refractivity (Wildman–Crippen MR) is 97.0 cm³/mol. The molecule has 1 aliphatic rings. The molecule has 5 nitrogen and oxygen atoms in total. The molecule has 0 amide bonds. The van der Waals surface area contributed by atoms with E-state index in [-0.39, 0.29) is 17.7 Å². The lowest BCUT2D eigenvalue weighted by atomic mass is 9.97. The number of nitrogens with one attached hydrogen (secondary N) is 1. The van der Waals surface area contributed by atoms with E-state index >= 15 is 0 Å². The molecule has 0 bridgehead atoms. The van der Waals surface area contributed by atoms with Crippen molar-refractivity contribution in [2.24, 2.45) is 0 Å². The molecule has 1 saturated heterocycles. The van der Waals surface area contributed by atoms with Crippen molar-refractivity contribution in [2.45, 2.75) is 18.6 Å². The van der Waals surface area contributed by atoms with E-state index in [1.165, 1.54) is 37.3 Å². The Kier molecular flexibility index (Phi) is 5.69. The molecular formula is C19H19F2NO4S.